The lowest BCUT2D eigenvalue weighted by molar-refractivity contribution is -0.116. The Morgan fingerprint density at radius 1 is 1.22 bits per heavy atom. The Kier molecular flexibility index (Phi) is 6.71. The van der Waals surface area contributed by atoms with Crippen LogP contribution < -0.4 is 15.0 Å². The molecule has 1 aromatic carbocycles. The van der Waals surface area contributed by atoms with Crippen molar-refractivity contribution in [1.29, 1.82) is 0 Å². The van der Waals surface area contributed by atoms with Crippen LogP contribution in [-0.4, -0.2) is 60.6 Å². The number of carbonyl (C=O) groups is 1. The Labute approximate surface area is 168 Å². The maximum Gasteiger partial charge on any atom is 0.233 e. The maximum atomic E-state index is 12.2. The molecule has 1 aliphatic rings. The van der Waals surface area contributed by atoms with Gasteiger partial charge in [-0.25, -0.2) is 0 Å². The Morgan fingerprint density at radius 3 is 2.74 bits per heavy atom. The molecule has 144 valence electrons. The van der Waals surface area contributed by atoms with Gasteiger partial charge in [-0.05, 0) is 18.2 Å². The Bertz CT molecular complexity index is 797. The molecule has 2 aromatic rings. The predicted octanol–water partition coefficient (Wildman–Crippen LogP) is 2.94. The second-order valence-corrected chi connectivity index (χ2v) is 7.01. The summed E-state index contributed by atoms with van der Waals surface area (Å²) in [6.07, 6.45) is 3.71. The molecule has 1 amide bonds. The standard InChI is InChI=1S/C18H21Cl2N5O2/c1-27-18-12-21-11-16(23-18)25-8-6-24(7-9-25)5-4-17(26)22-15-10-13(19)2-3-14(15)20/h2-3,10-12H,4-9H2,1H3,(H,22,26). The Balaban J connectivity index is 1.45. The zero-order valence-corrected chi connectivity index (χ0v) is 16.5. The van der Waals surface area contributed by atoms with E-state index in [1.54, 1.807) is 37.7 Å². The predicted molar refractivity (Wildman–Crippen MR) is 107 cm³/mol. The molecule has 1 aromatic heterocycles. The van der Waals surface area contributed by atoms with Gasteiger partial charge in [-0.3, -0.25) is 14.7 Å². The lowest BCUT2D eigenvalue weighted by Gasteiger charge is -2.35. The van der Waals surface area contributed by atoms with E-state index in [1.165, 1.54) is 0 Å². The van der Waals surface area contributed by atoms with Crippen LogP contribution in [0.2, 0.25) is 10.0 Å². The summed E-state index contributed by atoms with van der Waals surface area (Å²) in [5.74, 6) is 1.23. The largest absolute Gasteiger partial charge is 0.480 e. The van der Waals surface area contributed by atoms with E-state index in [-0.39, 0.29) is 5.91 Å². The first-order valence-electron chi connectivity index (χ1n) is 8.63. The van der Waals surface area contributed by atoms with Crippen LogP contribution in [0.1, 0.15) is 6.42 Å². The molecule has 1 aliphatic heterocycles. The number of aromatic nitrogens is 2. The van der Waals surface area contributed by atoms with E-state index in [1.807, 2.05) is 0 Å². The number of ether oxygens (including phenoxy) is 1. The van der Waals surface area contributed by atoms with Crippen LogP contribution in [0, 0.1) is 0 Å². The fourth-order valence-electron chi connectivity index (χ4n) is 2.86. The molecule has 27 heavy (non-hydrogen) atoms. The van der Waals surface area contributed by atoms with Crippen molar-refractivity contribution < 1.29 is 9.53 Å². The zero-order chi connectivity index (χ0) is 19.2. The molecule has 1 N–H and O–H groups in total. The number of hydrogen-bond donors (Lipinski definition) is 1. The third-order valence-corrected chi connectivity index (χ3v) is 4.93. The number of nitrogens with one attached hydrogen (secondary N) is 1. The highest BCUT2D eigenvalue weighted by atomic mass is 35.5. The molecule has 0 saturated carbocycles. The van der Waals surface area contributed by atoms with Gasteiger partial charge in [0.1, 0.15) is 0 Å². The van der Waals surface area contributed by atoms with Crippen molar-refractivity contribution in [2.45, 2.75) is 6.42 Å². The summed E-state index contributed by atoms with van der Waals surface area (Å²) in [5, 5.41) is 3.82. The van der Waals surface area contributed by atoms with Crippen LogP contribution in [0.15, 0.2) is 30.6 Å². The van der Waals surface area contributed by atoms with Crippen molar-refractivity contribution in [3.8, 4) is 5.88 Å². The Hall–Kier alpha value is -2.09. The van der Waals surface area contributed by atoms with Crippen molar-refractivity contribution in [2.24, 2.45) is 0 Å². The number of methoxy groups -OCH3 is 1. The maximum absolute atomic E-state index is 12.2. The van der Waals surface area contributed by atoms with Crippen molar-refractivity contribution >= 4 is 40.6 Å². The smallest absolute Gasteiger partial charge is 0.233 e. The van der Waals surface area contributed by atoms with Gasteiger partial charge in [0.05, 0.1) is 30.2 Å². The van der Waals surface area contributed by atoms with E-state index in [9.17, 15) is 4.79 Å². The minimum absolute atomic E-state index is 0.0831. The molecule has 2 heterocycles. The Morgan fingerprint density at radius 2 is 2.00 bits per heavy atom. The molecule has 0 unspecified atom stereocenters. The normalized spacial score (nSPS) is 14.9. The summed E-state index contributed by atoms with van der Waals surface area (Å²) < 4.78 is 5.12. The van der Waals surface area contributed by atoms with E-state index in [0.717, 1.165) is 32.0 Å². The molecule has 3 rings (SSSR count). The highest BCUT2D eigenvalue weighted by Gasteiger charge is 2.19. The highest BCUT2D eigenvalue weighted by Crippen LogP contribution is 2.25. The molecular formula is C18H21Cl2N5O2. The topological polar surface area (TPSA) is 70.6 Å². The van der Waals surface area contributed by atoms with Gasteiger partial charge in [0, 0.05) is 44.2 Å². The summed E-state index contributed by atoms with van der Waals surface area (Å²) in [6.45, 7) is 4.03. The van der Waals surface area contributed by atoms with Crippen LogP contribution in [0.4, 0.5) is 11.5 Å². The molecule has 1 saturated heterocycles. The molecule has 0 bridgehead atoms. The molecule has 9 heteroatoms. The third kappa shape index (κ3) is 5.45. The SMILES string of the molecule is COc1cncc(N2CCN(CCC(=O)Nc3cc(Cl)ccc3Cl)CC2)n1. The number of carbonyl (C=O) groups excluding carboxylic acids is 1. The average Bonchev–Trinajstić information content (AvgIpc) is 2.69. The van der Waals surface area contributed by atoms with Gasteiger partial charge >= 0.3 is 0 Å². The number of halogens is 2. The summed E-state index contributed by atoms with van der Waals surface area (Å²) in [5.41, 5.74) is 0.538. The monoisotopic (exact) mass is 409 g/mol. The van der Waals surface area contributed by atoms with Crippen molar-refractivity contribution in [3.05, 3.63) is 40.6 Å². The number of piperazine rings is 1. The van der Waals surface area contributed by atoms with Crippen molar-refractivity contribution in [1.82, 2.24) is 14.9 Å². The van der Waals surface area contributed by atoms with Crippen LogP contribution >= 0.6 is 23.2 Å². The number of benzene rings is 1. The number of nitrogens with zero attached hydrogens (tertiary/aromatic N) is 4. The van der Waals surface area contributed by atoms with Crippen LogP contribution in [-0.2, 0) is 4.79 Å². The molecular weight excluding hydrogens is 389 g/mol. The molecule has 0 radical (unpaired) electrons. The fraction of sp³-hybridized carbons (Fsp3) is 0.389. The van der Waals surface area contributed by atoms with Crippen LogP contribution in [0.3, 0.4) is 0 Å². The minimum atomic E-state index is -0.0831. The van der Waals surface area contributed by atoms with Crippen LogP contribution in [0.5, 0.6) is 5.88 Å². The molecule has 7 nitrogen and oxygen atoms in total. The fourth-order valence-corrected chi connectivity index (χ4v) is 3.19. The number of rotatable bonds is 6. The highest BCUT2D eigenvalue weighted by molar-refractivity contribution is 6.35. The lowest BCUT2D eigenvalue weighted by Crippen LogP contribution is -2.47. The second kappa shape index (κ2) is 9.21. The van der Waals surface area contributed by atoms with Gasteiger partial charge in [-0.1, -0.05) is 23.2 Å². The summed E-state index contributed by atoms with van der Waals surface area (Å²) >= 11 is 12.0. The second-order valence-electron chi connectivity index (χ2n) is 6.17. The molecule has 1 fully saturated rings. The summed E-state index contributed by atoms with van der Waals surface area (Å²) in [6, 6.07) is 5.00. The van der Waals surface area contributed by atoms with E-state index < -0.39 is 0 Å². The quantitative estimate of drug-likeness (QED) is 0.790. The van der Waals surface area contributed by atoms with E-state index >= 15 is 0 Å². The summed E-state index contributed by atoms with van der Waals surface area (Å²) in [7, 11) is 1.58. The molecule has 0 aliphatic carbocycles. The first kappa shape index (κ1) is 19.7. The van der Waals surface area contributed by atoms with Crippen molar-refractivity contribution in [3.63, 3.8) is 0 Å². The van der Waals surface area contributed by atoms with Gasteiger partial charge < -0.3 is 15.0 Å². The lowest BCUT2D eigenvalue weighted by atomic mass is 10.2. The van der Waals surface area contributed by atoms with Gasteiger partial charge in [0.15, 0.2) is 5.82 Å². The van der Waals surface area contributed by atoms with Crippen molar-refractivity contribution in [2.75, 3.05) is 50.1 Å². The van der Waals surface area contributed by atoms with Gasteiger partial charge in [-0.2, -0.15) is 4.98 Å². The first-order valence-corrected chi connectivity index (χ1v) is 9.39. The minimum Gasteiger partial charge on any atom is -0.480 e. The number of hydrogen-bond acceptors (Lipinski definition) is 6. The van der Waals surface area contributed by atoms with Crippen LogP contribution in [0.25, 0.3) is 0 Å². The average molecular weight is 410 g/mol. The van der Waals surface area contributed by atoms with Gasteiger partial charge in [-0.15, -0.1) is 0 Å². The number of anilines is 2. The zero-order valence-electron chi connectivity index (χ0n) is 15.0. The third-order valence-electron chi connectivity index (χ3n) is 4.36. The molecule has 0 atom stereocenters. The van der Waals surface area contributed by atoms with E-state index in [4.69, 9.17) is 27.9 Å². The number of amides is 1. The van der Waals surface area contributed by atoms with Gasteiger partial charge in [0.2, 0.25) is 11.8 Å². The summed E-state index contributed by atoms with van der Waals surface area (Å²) in [4.78, 5) is 25.2. The van der Waals surface area contributed by atoms with E-state index in [0.29, 0.717) is 34.6 Å². The van der Waals surface area contributed by atoms with Gasteiger partial charge in [0.25, 0.3) is 0 Å². The first-order chi connectivity index (χ1) is 13.0. The van der Waals surface area contributed by atoms with E-state index in [2.05, 4.69) is 25.1 Å². The molecule has 0 spiro atoms.